The smallest absolute Gasteiger partial charge is 0.278 e. The highest BCUT2D eigenvalue weighted by Crippen LogP contribution is 2.27. The molecular weight excluding hydrogens is 479 g/mol. The van der Waals surface area contributed by atoms with Gasteiger partial charge in [-0.3, -0.25) is 4.79 Å². The number of para-hydroxylation sites is 1. The third kappa shape index (κ3) is 5.52. The summed E-state index contributed by atoms with van der Waals surface area (Å²) in [6, 6.07) is 14.5. The van der Waals surface area contributed by atoms with Gasteiger partial charge in [0.1, 0.15) is 0 Å². The van der Waals surface area contributed by atoms with Crippen LogP contribution in [0.25, 0.3) is 5.69 Å². The molecule has 0 unspecified atom stereocenters. The van der Waals surface area contributed by atoms with Crippen LogP contribution in [0.1, 0.15) is 33.1 Å². The van der Waals surface area contributed by atoms with E-state index in [1.165, 1.54) is 11.8 Å². The lowest BCUT2D eigenvalue weighted by atomic mass is 10.2. The molecule has 0 fully saturated rings. The first-order valence-electron chi connectivity index (χ1n) is 10.0. The van der Waals surface area contributed by atoms with Gasteiger partial charge < -0.3 is 5.32 Å². The van der Waals surface area contributed by atoms with Crippen LogP contribution in [-0.2, 0) is 5.75 Å². The van der Waals surface area contributed by atoms with Gasteiger partial charge in [-0.05, 0) is 56.7 Å². The number of carbonyl (C=O) groups is 1. The minimum Gasteiger partial charge on any atom is -0.320 e. The number of nitrogens with one attached hydrogen (secondary N) is 1. The second-order valence-corrected chi connectivity index (χ2v) is 9.23. The van der Waals surface area contributed by atoms with Crippen LogP contribution in [0.5, 0.6) is 0 Å². The number of nitrogens with zero attached hydrogens (tertiary/aromatic N) is 5. The average molecular weight is 499 g/mol. The molecule has 0 bridgehead atoms. The van der Waals surface area contributed by atoms with Gasteiger partial charge in [0.15, 0.2) is 10.9 Å². The Bertz CT molecular complexity index is 1300. The van der Waals surface area contributed by atoms with Crippen LogP contribution in [0.3, 0.4) is 0 Å². The maximum atomic E-state index is 13.2. The first-order chi connectivity index (χ1) is 15.8. The number of aromatic nitrogens is 5. The molecule has 168 valence electrons. The Morgan fingerprint density at radius 3 is 2.33 bits per heavy atom. The predicted octanol–water partition coefficient (Wildman–Crippen LogP) is 5.83. The van der Waals surface area contributed by atoms with Crippen LogP contribution in [0.15, 0.2) is 53.7 Å². The second kappa shape index (κ2) is 9.91. The molecule has 0 aliphatic heterocycles. The molecule has 0 atom stereocenters. The summed E-state index contributed by atoms with van der Waals surface area (Å²) in [5.41, 5.74) is 4.77. The lowest BCUT2D eigenvalue weighted by molar-refractivity contribution is 0.102. The van der Waals surface area contributed by atoms with E-state index in [0.717, 1.165) is 17.0 Å². The van der Waals surface area contributed by atoms with Crippen molar-refractivity contribution in [3.63, 3.8) is 0 Å². The van der Waals surface area contributed by atoms with Gasteiger partial charge in [0.05, 0.1) is 11.4 Å². The van der Waals surface area contributed by atoms with Gasteiger partial charge in [0.2, 0.25) is 0 Å². The minimum atomic E-state index is -0.361. The SMILES string of the molecule is Cc1cc(C)nc(SCc2c(C(=O)Nc3ccccc3C)nnn2-c2cc(Cl)cc(Cl)c2)n1. The molecule has 1 amide bonds. The quantitative estimate of drug-likeness (QED) is 0.265. The number of amides is 1. The first kappa shape index (κ1) is 23.2. The highest BCUT2D eigenvalue weighted by molar-refractivity contribution is 7.98. The number of thioether (sulfide) groups is 1. The Balaban J connectivity index is 1.72. The zero-order valence-electron chi connectivity index (χ0n) is 18.1. The highest BCUT2D eigenvalue weighted by Gasteiger charge is 2.22. The molecule has 2 aromatic heterocycles. The summed E-state index contributed by atoms with van der Waals surface area (Å²) in [7, 11) is 0. The minimum absolute atomic E-state index is 0.200. The Labute approximate surface area is 205 Å². The van der Waals surface area contributed by atoms with Gasteiger partial charge in [-0.1, -0.05) is 58.4 Å². The lowest BCUT2D eigenvalue weighted by Gasteiger charge is -2.10. The van der Waals surface area contributed by atoms with Crippen LogP contribution in [0.2, 0.25) is 10.0 Å². The monoisotopic (exact) mass is 498 g/mol. The molecule has 10 heteroatoms. The Kier molecular flexibility index (Phi) is 6.97. The Morgan fingerprint density at radius 2 is 1.67 bits per heavy atom. The Hall–Kier alpha value is -2.94. The van der Waals surface area contributed by atoms with Gasteiger partial charge in [-0.15, -0.1) is 5.10 Å². The van der Waals surface area contributed by atoms with Gasteiger partial charge in [-0.2, -0.15) is 0 Å². The zero-order chi connectivity index (χ0) is 23.5. The summed E-state index contributed by atoms with van der Waals surface area (Å²) in [6.45, 7) is 5.76. The maximum Gasteiger partial charge on any atom is 0.278 e. The third-order valence-corrected chi connectivity index (χ3v) is 6.06. The number of hydrogen-bond acceptors (Lipinski definition) is 6. The predicted molar refractivity (Wildman–Crippen MR) is 132 cm³/mol. The van der Waals surface area contributed by atoms with E-state index in [9.17, 15) is 4.79 Å². The third-order valence-electron chi connectivity index (χ3n) is 4.76. The van der Waals surface area contributed by atoms with E-state index >= 15 is 0 Å². The zero-order valence-corrected chi connectivity index (χ0v) is 20.5. The number of carbonyl (C=O) groups excluding carboxylic acids is 1. The van der Waals surface area contributed by atoms with Crippen LogP contribution in [0.4, 0.5) is 5.69 Å². The van der Waals surface area contributed by atoms with Crippen molar-refractivity contribution < 1.29 is 4.79 Å². The molecule has 0 saturated carbocycles. The van der Waals surface area contributed by atoms with E-state index in [4.69, 9.17) is 23.2 Å². The fourth-order valence-corrected chi connectivity index (χ4v) is 4.72. The number of hydrogen-bond donors (Lipinski definition) is 1. The number of aryl methyl sites for hydroxylation is 3. The Morgan fingerprint density at radius 1 is 1.00 bits per heavy atom. The van der Waals surface area contributed by atoms with Crippen molar-refractivity contribution >= 4 is 46.6 Å². The first-order valence-corrected chi connectivity index (χ1v) is 11.8. The van der Waals surface area contributed by atoms with E-state index < -0.39 is 0 Å². The van der Waals surface area contributed by atoms with Crippen molar-refractivity contribution in [2.45, 2.75) is 31.7 Å². The van der Waals surface area contributed by atoms with E-state index in [0.29, 0.717) is 38.0 Å². The van der Waals surface area contributed by atoms with E-state index in [-0.39, 0.29) is 11.6 Å². The second-order valence-electron chi connectivity index (χ2n) is 7.42. The molecule has 2 heterocycles. The van der Waals surface area contributed by atoms with Crippen molar-refractivity contribution in [3.05, 3.63) is 86.9 Å². The summed E-state index contributed by atoms with van der Waals surface area (Å²) >= 11 is 13.8. The van der Waals surface area contributed by atoms with Crippen LogP contribution >= 0.6 is 35.0 Å². The number of halogens is 2. The molecule has 7 nitrogen and oxygen atoms in total. The van der Waals surface area contributed by atoms with Crippen LogP contribution < -0.4 is 5.32 Å². The van der Waals surface area contributed by atoms with Crippen LogP contribution in [-0.4, -0.2) is 30.9 Å². The molecule has 4 rings (SSSR count). The van der Waals surface area contributed by atoms with E-state index in [1.54, 1.807) is 22.9 Å². The average Bonchev–Trinajstić information content (AvgIpc) is 3.16. The van der Waals surface area contributed by atoms with Gasteiger partial charge >= 0.3 is 0 Å². The molecule has 4 aromatic rings. The van der Waals surface area contributed by atoms with Crippen molar-refractivity contribution in [2.24, 2.45) is 0 Å². The fourth-order valence-electron chi connectivity index (χ4n) is 3.26. The molecular formula is C23H20Cl2N6OS. The summed E-state index contributed by atoms with van der Waals surface area (Å²) < 4.78 is 1.57. The summed E-state index contributed by atoms with van der Waals surface area (Å²) in [5, 5.41) is 12.9. The molecule has 0 radical (unpaired) electrons. The number of benzene rings is 2. The van der Waals surface area contributed by atoms with Crippen molar-refractivity contribution in [2.75, 3.05) is 5.32 Å². The summed E-state index contributed by atoms with van der Waals surface area (Å²) in [6.07, 6.45) is 0. The van der Waals surface area contributed by atoms with Gasteiger partial charge in [0, 0.05) is 32.9 Å². The molecule has 0 aliphatic rings. The topological polar surface area (TPSA) is 85.6 Å². The number of anilines is 1. The molecule has 0 spiro atoms. The molecule has 1 N–H and O–H groups in total. The van der Waals surface area contributed by atoms with E-state index in [2.05, 4.69) is 25.6 Å². The largest absolute Gasteiger partial charge is 0.320 e. The molecule has 0 aliphatic carbocycles. The molecule has 2 aromatic carbocycles. The summed E-state index contributed by atoms with van der Waals surface area (Å²) in [4.78, 5) is 22.1. The lowest BCUT2D eigenvalue weighted by Crippen LogP contribution is -2.16. The van der Waals surface area contributed by atoms with Gasteiger partial charge in [0.25, 0.3) is 5.91 Å². The van der Waals surface area contributed by atoms with Gasteiger partial charge in [-0.25, -0.2) is 14.6 Å². The number of rotatable bonds is 6. The van der Waals surface area contributed by atoms with Crippen molar-refractivity contribution in [1.82, 2.24) is 25.0 Å². The standard InChI is InChI=1S/C23H20Cl2N6OS/c1-13-6-4-5-7-19(13)28-22(32)21-20(12-33-23-26-14(2)8-15(3)27-23)31(30-29-21)18-10-16(24)9-17(25)11-18/h4-11H,12H2,1-3H3,(H,28,32). The molecule has 0 saturated heterocycles. The highest BCUT2D eigenvalue weighted by atomic mass is 35.5. The van der Waals surface area contributed by atoms with Crippen molar-refractivity contribution in [3.8, 4) is 5.69 Å². The van der Waals surface area contributed by atoms with Crippen molar-refractivity contribution in [1.29, 1.82) is 0 Å². The van der Waals surface area contributed by atoms with Crippen LogP contribution in [0, 0.1) is 20.8 Å². The maximum absolute atomic E-state index is 13.2. The fraction of sp³-hybridized carbons (Fsp3) is 0.174. The molecule has 33 heavy (non-hydrogen) atoms. The normalized spacial score (nSPS) is 10.9. The van der Waals surface area contributed by atoms with E-state index in [1.807, 2.05) is 51.1 Å². The summed E-state index contributed by atoms with van der Waals surface area (Å²) in [5.74, 6) is -0.00285.